The highest BCUT2D eigenvalue weighted by Gasteiger charge is 2.13. The van der Waals surface area contributed by atoms with E-state index in [1.165, 1.54) is 0 Å². The minimum atomic E-state index is -1.12. The van der Waals surface area contributed by atoms with Gasteiger partial charge in [-0.15, -0.1) is 0 Å². The lowest BCUT2D eigenvalue weighted by Crippen LogP contribution is -2.20. The fourth-order valence-corrected chi connectivity index (χ4v) is 1.11. The summed E-state index contributed by atoms with van der Waals surface area (Å²) in [6.45, 7) is -0.315. The molecule has 0 aliphatic heterocycles. The summed E-state index contributed by atoms with van der Waals surface area (Å²) < 4.78 is 4.68. The van der Waals surface area contributed by atoms with Crippen molar-refractivity contribution in [2.75, 3.05) is 13.2 Å². The Morgan fingerprint density at radius 3 is 2.18 bits per heavy atom. The second-order valence-corrected chi connectivity index (χ2v) is 3.63. The standard InChI is InChI=1S/C10H18O7/c11-3-1-7(12)6-10(16)17-4-2-8(13)5-9(14)15/h7-8,11-13H,1-6H2,(H,14,15). The van der Waals surface area contributed by atoms with Gasteiger partial charge in [-0.3, -0.25) is 9.59 Å². The molecule has 0 aromatic heterocycles. The summed E-state index contributed by atoms with van der Waals surface area (Å²) in [6.07, 6.45) is -2.50. The summed E-state index contributed by atoms with van der Waals surface area (Å²) in [6, 6.07) is 0. The van der Waals surface area contributed by atoms with Crippen LogP contribution in [0.5, 0.6) is 0 Å². The third-order valence-corrected chi connectivity index (χ3v) is 1.99. The fraction of sp³-hybridized carbons (Fsp3) is 0.800. The highest BCUT2D eigenvalue weighted by atomic mass is 16.5. The topological polar surface area (TPSA) is 124 Å². The molecule has 0 aliphatic rings. The van der Waals surface area contributed by atoms with Crippen molar-refractivity contribution in [2.24, 2.45) is 0 Å². The molecule has 0 aromatic rings. The first-order valence-corrected chi connectivity index (χ1v) is 5.30. The molecule has 0 heterocycles. The molecule has 0 rings (SSSR count). The van der Waals surface area contributed by atoms with Crippen LogP contribution in [0.2, 0.25) is 0 Å². The predicted octanol–water partition coefficient (Wildman–Crippen LogP) is -1.11. The number of carboxylic acid groups (broad SMARTS) is 1. The predicted molar refractivity (Wildman–Crippen MR) is 56.2 cm³/mol. The maximum Gasteiger partial charge on any atom is 0.308 e. The van der Waals surface area contributed by atoms with Gasteiger partial charge in [0.25, 0.3) is 0 Å². The Bertz CT molecular complexity index is 241. The molecular formula is C10H18O7. The van der Waals surface area contributed by atoms with Gasteiger partial charge in [0, 0.05) is 13.0 Å². The number of rotatable bonds is 9. The monoisotopic (exact) mass is 250 g/mol. The van der Waals surface area contributed by atoms with Gasteiger partial charge in [0.2, 0.25) is 0 Å². The Balaban J connectivity index is 3.60. The van der Waals surface area contributed by atoms with Gasteiger partial charge < -0.3 is 25.2 Å². The normalized spacial score (nSPS) is 14.1. The van der Waals surface area contributed by atoms with Gasteiger partial charge in [0.15, 0.2) is 0 Å². The molecule has 0 amide bonds. The maximum atomic E-state index is 11.1. The first-order chi connectivity index (χ1) is 7.95. The fourth-order valence-electron chi connectivity index (χ4n) is 1.11. The van der Waals surface area contributed by atoms with Crippen molar-refractivity contribution in [1.82, 2.24) is 0 Å². The van der Waals surface area contributed by atoms with Gasteiger partial charge in [0.1, 0.15) is 0 Å². The Labute approximate surface area is 98.6 Å². The van der Waals surface area contributed by atoms with Crippen LogP contribution >= 0.6 is 0 Å². The average Bonchev–Trinajstić information content (AvgIpc) is 2.16. The van der Waals surface area contributed by atoms with Gasteiger partial charge in [-0.1, -0.05) is 0 Å². The van der Waals surface area contributed by atoms with E-state index in [1.54, 1.807) is 0 Å². The van der Waals surface area contributed by atoms with Gasteiger partial charge in [-0.2, -0.15) is 0 Å². The van der Waals surface area contributed by atoms with Crippen LogP contribution in [0, 0.1) is 0 Å². The summed E-state index contributed by atoms with van der Waals surface area (Å²) in [5.41, 5.74) is 0. The molecule has 0 saturated carbocycles. The van der Waals surface area contributed by atoms with Crippen molar-refractivity contribution in [3.05, 3.63) is 0 Å². The molecule has 0 radical (unpaired) electrons. The number of aliphatic hydroxyl groups excluding tert-OH is 3. The van der Waals surface area contributed by atoms with E-state index in [-0.39, 0.29) is 32.5 Å². The summed E-state index contributed by atoms with van der Waals surface area (Å²) in [4.78, 5) is 21.3. The Kier molecular flexibility index (Phi) is 8.29. The van der Waals surface area contributed by atoms with Crippen LogP contribution in [-0.4, -0.2) is 57.8 Å². The minimum absolute atomic E-state index is 0.0358. The SMILES string of the molecule is O=C(O)CC(O)CCOC(=O)CC(O)CCO. The zero-order valence-corrected chi connectivity index (χ0v) is 9.41. The molecule has 17 heavy (non-hydrogen) atoms. The quantitative estimate of drug-likeness (QED) is 0.382. The van der Waals surface area contributed by atoms with Gasteiger partial charge >= 0.3 is 11.9 Å². The zero-order valence-electron chi connectivity index (χ0n) is 9.41. The van der Waals surface area contributed by atoms with Gasteiger partial charge in [-0.25, -0.2) is 0 Å². The van der Waals surface area contributed by atoms with E-state index >= 15 is 0 Å². The minimum Gasteiger partial charge on any atom is -0.481 e. The summed E-state index contributed by atoms with van der Waals surface area (Å²) in [5, 5.41) is 35.1. The number of aliphatic carboxylic acids is 1. The van der Waals surface area contributed by atoms with Crippen LogP contribution in [0.25, 0.3) is 0 Å². The molecule has 7 heteroatoms. The van der Waals surface area contributed by atoms with E-state index in [0.717, 1.165) is 0 Å². The molecule has 2 atom stereocenters. The van der Waals surface area contributed by atoms with E-state index in [0.29, 0.717) is 0 Å². The third kappa shape index (κ3) is 9.73. The molecular weight excluding hydrogens is 232 g/mol. The molecule has 0 saturated heterocycles. The van der Waals surface area contributed by atoms with E-state index in [1.807, 2.05) is 0 Å². The van der Waals surface area contributed by atoms with Gasteiger partial charge in [0.05, 0.1) is 31.7 Å². The number of carboxylic acids is 1. The first kappa shape index (κ1) is 15.8. The van der Waals surface area contributed by atoms with Crippen LogP contribution in [0.15, 0.2) is 0 Å². The third-order valence-electron chi connectivity index (χ3n) is 1.99. The number of hydrogen-bond acceptors (Lipinski definition) is 6. The van der Waals surface area contributed by atoms with Crippen molar-refractivity contribution in [3.63, 3.8) is 0 Å². The highest BCUT2D eigenvalue weighted by Crippen LogP contribution is 2.02. The summed E-state index contributed by atoms with van der Waals surface area (Å²) in [5.74, 6) is -1.77. The number of esters is 1. The molecule has 2 unspecified atom stereocenters. The van der Waals surface area contributed by atoms with E-state index < -0.39 is 30.6 Å². The van der Waals surface area contributed by atoms with Crippen LogP contribution in [-0.2, 0) is 14.3 Å². The Morgan fingerprint density at radius 2 is 1.65 bits per heavy atom. The first-order valence-electron chi connectivity index (χ1n) is 5.30. The zero-order chi connectivity index (χ0) is 13.3. The molecule has 100 valence electrons. The van der Waals surface area contributed by atoms with Crippen LogP contribution in [0.1, 0.15) is 25.7 Å². The van der Waals surface area contributed by atoms with E-state index in [2.05, 4.69) is 4.74 Å². The molecule has 0 aliphatic carbocycles. The summed E-state index contributed by atoms with van der Waals surface area (Å²) >= 11 is 0. The lowest BCUT2D eigenvalue weighted by Gasteiger charge is -2.10. The van der Waals surface area contributed by atoms with Crippen molar-refractivity contribution in [2.45, 2.75) is 37.9 Å². The largest absolute Gasteiger partial charge is 0.481 e. The van der Waals surface area contributed by atoms with Gasteiger partial charge in [-0.05, 0) is 6.42 Å². The Morgan fingerprint density at radius 1 is 1.06 bits per heavy atom. The average molecular weight is 250 g/mol. The van der Waals surface area contributed by atoms with Crippen molar-refractivity contribution in [3.8, 4) is 0 Å². The smallest absolute Gasteiger partial charge is 0.308 e. The van der Waals surface area contributed by atoms with E-state index in [4.69, 9.17) is 20.4 Å². The molecule has 0 aromatic carbocycles. The van der Waals surface area contributed by atoms with Crippen LogP contribution in [0.3, 0.4) is 0 Å². The summed E-state index contributed by atoms with van der Waals surface area (Å²) in [7, 11) is 0. The van der Waals surface area contributed by atoms with Crippen LogP contribution < -0.4 is 0 Å². The number of hydrogen-bond donors (Lipinski definition) is 4. The molecule has 0 bridgehead atoms. The molecule has 7 nitrogen and oxygen atoms in total. The van der Waals surface area contributed by atoms with Crippen molar-refractivity contribution < 1.29 is 34.8 Å². The van der Waals surface area contributed by atoms with E-state index in [9.17, 15) is 9.59 Å². The van der Waals surface area contributed by atoms with Crippen molar-refractivity contribution >= 4 is 11.9 Å². The molecule has 0 spiro atoms. The molecule has 0 fully saturated rings. The number of carbonyl (C=O) groups excluding carboxylic acids is 1. The number of aliphatic hydroxyl groups is 3. The lowest BCUT2D eigenvalue weighted by atomic mass is 10.2. The lowest BCUT2D eigenvalue weighted by molar-refractivity contribution is -0.146. The molecule has 4 N–H and O–H groups in total. The highest BCUT2D eigenvalue weighted by molar-refractivity contribution is 5.70. The Hall–Kier alpha value is -1.18. The second kappa shape index (κ2) is 8.91. The maximum absolute atomic E-state index is 11.1. The second-order valence-electron chi connectivity index (χ2n) is 3.63. The van der Waals surface area contributed by atoms with Crippen molar-refractivity contribution in [1.29, 1.82) is 0 Å². The number of carbonyl (C=O) groups is 2. The van der Waals surface area contributed by atoms with Crippen LogP contribution in [0.4, 0.5) is 0 Å². The number of ether oxygens (including phenoxy) is 1.